The van der Waals surface area contributed by atoms with Crippen LogP contribution in [0.15, 0.2) is 30.5 Å². The first kappa shape index (κ1) is 25.3. The number of imidazole rings is 1. The molecule has 0 radical (unpaired) electrons. The van der Waals surface area contributed by atoms with Gasteiger partial charge in [0.15, 0.2) is 5.82 Å². The van der Waals surface area contributed by atoms with Crippen LogP contribution in [0.3, 0.4) is 0 Å². The van der Waals surface area contributed by atoms with Crippen molar-refractivity contribution < 1.29 is 14.3 Å². The first-order valence-corrected chi connectivity index (χ1v) is 12.0. The molecule has 11 heteroatoms. The third-order valence-electron chi connectivity index (χ3n) is 5.49. The van der Waals surface area contributed by atoms with Crippen molar-refractivity contribution in [2.45, 2.75) is 39.3 Å². The van der Waals surface area contributed by atoms with Gasteiger partial charge in [0.1, 0.15) is 10.8 Å². The highest BCUT2D eigenvalue weighted by Crippen LogP contribution is 2.39. The quantitative estimate of drug-likeness (QED) is 0.416. The third kappa shape index (κ3) is 5.24. The number of ether oxygens (including phenoxy) is 1. The van der Waals surface area contributed by atoms with Crippen molar-refractivity contribution in [3.05, 3.63) is 62.9 Å². The van der Waals surface area contributed by atoms with Crippen LogP contribution in [-0.2, 0) is 24.8 Å². The Balaban J connectivity index is 1.57. The Labute approximate surface area is 218 Å². The fourth-order valence-electron chi connectivity index (χ4n) is 3.85. The predicted molar refractivity (Wildman–Crippen MR) is 136 cm³/mol. The number of aromatic nitrogens is 3. The first-order valence-electron chi connectivity index (χ1n) is 10.9. The van der Waals surface area contributed by atoms with Crippen molar-refractivity contribution in [3.8, 4) is 11.1 Å². The van der Waals surface area contributed by atoms with Crippen molar-refractivity contribution in [3.63, 3.8) is 0 Å². The monoisotopic (exact) mass is 535 g/mol. The summed E-state index contributed by atoms with van der Waals surface area (Å²) in [5, 5.41) is 3.57. The molecule has 3 heterocycles. The van der Waals surface area contributed by atoms with Crippen LogP contribution in [0.5, 0.6) is 0 Å². The summed E-state index contributed by atoms with van der Waals surface area (Å²) >= 11 is 19.0. The molecule has 3 aromatic rings. The Morgan fingerprint density at radius 2 is 1.80 bits per heavy atom. The van der Waals surface area contributed by atoms with E-state index >= 15 is 0 Å². The summed E-state index contributed by atoms with van der Waals surface area (Å²) in [6.07, 6.45) is 1.69. The molecule has 1 N–H and O–H groups in total. The smallest absolute Gasteiger partial charge is 0.410 e. The molecule has 1 aromatic carbocycles. The van der Waals surface area contributed by atoms with Gasteiger partial charge in [-0.15, -0.1) is 0 Å². The van der Waals surface area contributed by atoms with Crippen LogP contribution in [0.1, 0.15) is 42.8 Å². The van der Waals surface area contributed by atoms with Gasteiger partial charge in [0.05, 0.1) is 28.0 Å². The number of halogens is 3. The molecule has 0 unspecified atom stereocenters. The van der Waals surface area contributed by atoms with Crippen LogP contribution in [0, 0.1) is 0 Å². The molecular weight excluding hydrogens is 513 g/mol. The van der Waals surface area contributed by atoms with E-state index in [1.54, 1.807) is 40.8 Å². The van der Waals surface area contributed by atoms with Gasteiger partial charge in [-0.1, -0.05) is 46.9 Å². The molecule has 0 bridgehead atoms. The number of hydrogen-bond donors (Lipinski definition) is 1. The summed E-state index contributed by atoms with van der Waals surface area (Å²) in [6.45, 7) is 6.21. The van der Waals surface area contributed by atoms with E-state index in [2.05, 4.69) is 15.3 Å². The van der Waals surface area contributed by atoms with E-state index in [1.807, 2.05) is 20.8 Å². The van der Waals surface area contributed by atoms with E-state index in [0.717, 1.165) is 5.69 Å². The van der Waals surface area contributed by atoms with Gasteiger partial charge in [0, 0.05) is 43.0 Å². The number of hydrogen-bond acceptors (Lipinski definition) is 5. The van der Waals surface area contributed by atoms with E-state index in [4.69, 9.17) is 39.5 Å². The van der Waals surface area contributed by atoms with Crippen LogP contribution in [0.2, 0.25) is 15.2 Å². The normalized spacial score (nSPS) is 13.4. The number of amides is 2. The number of fused-ring (bicyclic) bond motifs is 1. The lowest BCUT2D eigenvalue weighted by molar-refractivity contribution is 0.0220. The largest absolute Gasteiger partial charge is 0.444 e. The molecule has 35 heavy (non-hydrogen) atoms. The number of anilines is 1. The summed E-state index contributed by atoms with van der Waals surface area (Å²) in [7, 11) is 1.78. The van der Waals surface area contributed by atoms with Crippen LogP contribution >= 0.6 is 34.8 Å². The average molecular weight is 537 g/mol. The van der Waals surface area contributed by atoms with Gasteiger partial charge in [0.2, 0.25) is 0 Å². The Morgan fingerprint density at radius 3 is 2.51 bits per heavy atom. The van der Waals surface area contributed by atoms with Crippen LogP contribution in [-0.4, -0.2) is 43.6 Å². The van der Waals surface area contributed by atoms with Gasteiger partial charge in [0.25, 0.3) is 5.91 Å². The molecule has 184 valence electrons. The molecule has 0 saturated carbocycles. The number of benzene rings is 1. The number of rotatable bonds is 3. The second kappa shape index (κ2) is 9.68. The van der Waals surface area contributed by atoms with Gasteiger partial charge in [-0.2, -0.15) is 0 Å². The molecule has 4 rings (SSSR count). The summed E-state index contributed by atoms with van der Waals surface area (Å²) < 4.78 is 7.21. The Bertz CT molecular complexity index is 1320. The van der Waals surface area contributed by atoms with Crippen LogP contribution < -0.4 is 5.32 Å². The average Bonchev–Trinajstić information content (AvgIpc) is 3.12. The van der Waals surface area contributed by atoms with E-state index in [9.17, 15) is 9.59 Å². The minimum absolute atomic E-state index is 0.161. The molecule has 2 aromatic heterocycles. The van der Waals surface area contributed by atoms with E-state index in [1.165, 1.54) is 6.20 Å². The number of nitrogens with one attached hydrogen (secondary N) is 1. The molecule has 8 nitrogen and oxygen atoms in total. The minimum Gasteiger partial charge on any atom is -0.444 e. The Kier molecular flexibility index (Phi) is 6.99. The summed E-state index contributed by atoms with van der Waals surface area (Å²) in [4.78, 5) is 35.7. The summed E-state index contributed by atoms with van der Waals surface area (Å²) in [5.41, 5.74) is 2.57. The minimum atomic E-state index is -0.591. The van der Waals surface area contributed by atoms with Crippen LogP contribution in [0.4, 0.5) is 10.5 Å². The van der Waals surface area contributed by atoms with Crippen molar-refractivity contribution in [1.29, 1.82) is 0 Å². The van der Waals surface area contributed by atoms with Crippen molar-refractivity contribution in [2.75, 3.05) is 11.9 Å². The van der Waals surface area contributed by atoms with Gasteiger partial charge < -0.3 is 19.5 Å². The summed E-state index contributed by atoms with van der Waals surface area (Å²) in [6, 6.07) is 6.92. The fourth-order valence-corrected chi connectivity index (χ4v) is 4.50. The molecule has 0 spiro atoms. The molecule has 0 fully saturated rings. The number of nitrogens with zero attached hydrogens (tertiary/aromatic N) is 4. The van der Waals surface area contributed by atoms with Crippen molar-refractivity contribution >= 4 is 52.5 Å². The summed E-state index contributed by atoms with van der Waals surface area (Å²) in [5.74, 6) is -0.212. The van der Waals surface area contributed by atoms with E-state index < -0.39 is 17.6 Å². The predicted octanol–water partition coefficient (Wildman–Crippen LogP) is 5.99. The highest BCUT2D eigenvalue weighted by Gasteiger charge is 2.30. The maximum Gasteiger partial charge on any atom is 0.410 e. The maximum atomic E-state index is 13.2. The van der Waals surface area contributed by atoms with Crippen molar-refractivity contribution in [1.82, 2.24) is 19.4 Å². The third-order valence-corrected chi connectivity index (χ3v) is 6.67. The molecule has 0 saturated heterocycles. The van der Waals surface area contributed by atoms with E-state index in [-0.39, 0.29) is 22.5 Å². The number of carbonyl (C=O) groups excluding carboxylic acids is 2. The Hall–Kier alpha value is -2.81. The second-order valence-corrected chi connectivity index (χ2v) is 10.2. The zero-order valence-corrected chi connectivity index (χ0v) is 21.9. The van der Waals surface area contributed by atoms with Gasteiger partial charge in [-0.05, 0) is 32.9 Å². The SMILES string of the molecule is Cn1c(C(=O)Nc2cccc(-c3ccnc(Cl)c3Cl)c2Cl)nc2c1CCN(C(=O)OC(C)(C)C)C2. The second-order valence-electron chi connectivity index (χ2n) is 9.12. The van der Waals surface area contributed by atoms with Gasteiger partial charge in [-0.25, -0.2) is 14.8 Å². The molecule has 1 aliphatic heterocycles. The maximum absolute atomic E-state index is 13.2. The Morgan fingerprint density at radius 1 is 1.09 bits per heavy atom. The standard InChI is InChI=1S/C24H24Cl3N5O3/c1-24(2,3)35-23(34)32-11-9-17-16(12-32)29-21(31(17)4)22(33)30-15-7-5-6-13(18(15)25)14-8-10-28-20(27)19(14)26/h5-8,10H,9,11-12H2,1-4H3,(H,30,33). The number of carbonyl (C=O) groups is 2. The molecule has 0 aliphatic carbocycles. The molecule has 0 atom stereocenters. The molecule has 1 aliphatic rings. The fraction of sp³-hybridized carbons (Fsp3) is 0.333. The zero-order chi connectivity index (χ0) is 25.5. The zero-order valence-electron chi connectivity index (χ0n) is 19.7. The highest BCUT2D eigenvalue weighted by molar-refractivity contribution is 6.44. The van der Waals surface area contributed by atoms with Crippen molar-refractivity contribution in [2.24, 2.45) is 7.05 Å². The van der Waals surface area contributed by atoms with Gasteiger partial charge in [-0.3, -0.25) is 4.79 Å². The van der Waals surface area contributed by atoms with Gasteiger partial charge >= 0.3 is 6.09 Å². The number of pyridine rings is 1. The lowest BCUT2D eigenvalue weighted by atomic mass is 10.1. The lowest BCUT2D eigenvalue weighted by Gasteiger charge is -2.29. The first-order chi connectivity index (χ1) is 16.5. The highest BCUT2D eigenvalue weighted by atomic mass is 35.5. The van der Waals surface area contributed by atoms with E-state index in [0.29, 0.717) is 40.5 Å². The molecule has 2 amide bonds. The van der Waals surface area contributed by atoms with Crippen LogP contribution in [0.25, 0.3) is 11.1 Å². The topological polar surface area (TPSA) is 89.4 Å². The lowest BCUT2D eigenvalue weighted by Crippen LogP contribution is -2.40. The molecular formula is C24H24Cl3N5O3.